The van der Waals surface area contributed by atoms with Gasteiger partial charge in [-0.25, -0.2) is 9.97 Å². The van der Waals surface area contributed by atoms with Gasteiger partial charge in [-0.2, -0.15) is 0 Å². The Balaban J connectivity index is 1.99. The van der Waals surface area contributed by atoms with Crippen molar-refractivity contribution in [1.82, 2.24) is 9.97 Å². The van der Waals surface area contributed by atoms with Crippen LogP contribution < -0.4 is 10.6 Å². The smallest absolute Gasteiger partial charge is 0.135 e. The van der Waals surface area contributed by atoms with E-state index in [9.17, 15) is 0 Å². The van der Waals surface area contributed by atoms with Crippen LogP contribution >= 0.6 is 0 Å². The van der Waals surface area contributed by atoms with E-state index in [1.165, 1.54) is 38.5 Å². The Kier molecular flexibility index (Phi) is 5.83. The molecule has 0 saturated heterocycles. The van der Waals surface area contributed by atoms with Gasteiger partial charge in [0.15, 0.2) is 0 Å². The third-order valence-corrected chi connectivity index (χ3v) is 4.49. The number of hydrogen-bond acceptors (Lipinski definition) is 4. The van der Waals surface area contributed by atoms with Crippen LogP contribution in [-0.2, 0) is 0 Å². The third kappa shape index (κ3) is 4.32. The van der Waals surface area contributed by atoms with E-state index in [0.717, 1.165) is 35.5 Å². The number of anilines is 2. The van der Waals surface area contributed by atoms with Crippen LogP contribution in [0.1, 0.15) is 69.7 Å². The summed E-state index contributed by atoms with van der Waals surface area (Å²) < 4.78 is 0. The van der Waals surface area contributed by atoms with Crippen molar-refractivity contribution in [1.29, 1.82) is 0 Å². The maximum Gasteiger partial charge on any atom is 0.135 e. The Hall–Kier alpha value is -1.32. The van der Waals surface area contributed by atoms with E-state index in [4.69, 9.17) is 4.98 Å². The van der Waals surface area contributed by atoms with Crippen molar-refractivity contribution in [3.63, 3.8) is 0 Å². The fraction of sp³-hybridized carbons (Fsp3) is 0.765. The quantitative estimate of drug-likeness (QED) is 0.818. The van der Waals surface area contributed by atoms with Crippen LogP contribution in [0.5, 0.6) is 0 Å². The molecule has 0 bridgehead atoms. The summed E-state index contributed by atoms with van der Waals surface area (Å²) in [6.45, 7) is 7.37. The van der Waals surface area contributed by atoms with Crippen molar-refractivity contribution in [2.45, 2.75) is 65.2 Å². The summed E-state index contributed by atoms with van der Waals surface area (Å²) in [6.07, 6.45) is 8.33. The standard InChI is InChI=1S/C17H30N4/c1-12(2)15-20-16(18-4)13(3)17(21-15)19-11-10-14-8-6-5-7-9-14/h12,14H,5-11H2,1-4H3,(H2,18,19,20,21). The predicted molar refractivity (Wildman–Crippen MR) is 90.1 cm³/mol. The lowest BCUT2D eigenvalue weighted by Gasteiger charge is -2.22. The minimum atomic E-state index is 0.344. The molecular formula is C17H30N4. The summed E-state index contributed by atoms with van der Waals surface area (Å²) in [6, 6.07) is 0. The molecule has 2 rings (SSSR count). The van der Waals surface area contributed by atoms with Crippen LogP contribution in [0.2, 0.25) is 0 Å². The summed E-state index contributed by atoms with van der Waals surface area (Å²) in [7, 11) is 1.92. The molecule has 1 heterocycles. The molecule has 0 amide bonds. The second-order valence-corrected chi connectivity index (χ2v) is 6.53. The van der Waals surface area contributed by atoms with E-state index < -0.39 is 0 Å². The van der Waals surface area contributed by atoms with Crippen LogP contribution in [0.3, 0.4) is 0 Å². The molecule has 1 aromatic heterocycles. The first kappa shape index (κ1) is 16.1. The third-order valence-electron chi connectivity index (χ3n) is 4.49. The molecule has 0 radical (unpaired) electrons. The maximum absolute atomic E-state index is 4.70. The van der Waals surface area contributed by atoms with Crippen molar-refractivity contribution < 1.29 is 0 Å². The molecule has 4 heteroatoms. The first-order valence-electron chi connectivity index (χ1n) is 8.42. The van der Waals surface area contributed by atoms with E-state index in [1.807, 2.05) is 7.05 Å². The highest BCUT2D eigenvalue weighted by atomic mass is 15.1. The Bertz CT molecular complexity index is 450. The molecule has 4 nitrogen and oxygen atoms in total. The highest BCUT2D eigenvalue weighted by molar-refractivity contribution is 5.57. The van der Waals surface area contributed by atoms with E-state index in [-0.39, 0.29) is 0 Å². The SMILES string of the molecule is CNc1nc(C(C)C)nc(NCCC2CCCCC2)c1C. The molecule has 0 aromatic carbocycles. The van der Waals surface area contributed by atoms with E-state index in [0.29, 0.717) is 5.92 Å². The minimum Gasteiger partial charge on any atom is -0.373 e. The zero-order chi connectivity index (χ0) is 15.2. The van der Waals surface area contributed by atoms with Crippen molar-refractivity contribution in [2.75, 3.05) is 24.2 Å². The van der Waals surface area contributed by atoms with Gasteiger partial charge in [0.25, 0.3) is 0 Å². The van der Waals surface area contributed by atoms with Gasteiger partial charge in [0, 0.05) is 25.1 Å². The van der Waals surface area contributed by atoms with Crippen LogP contribution in [0.4, 0.5) is 11.6 Å². The normalized spacial score (nSPS) is 16.2. The zero-order valence-corrected chi connectivity index (χ0v) is 14.0. The summed E-state index contributed by atoms with van der Waals surface area (Å²) in [5.74, 6) is 4.09. The molecule has 1 saturated carbocycles. The monoisotopic (exact) mass is 290 g/mol. The Morgan fingerprint density at radius 3 is 2.38 bits per heavy atom. The van der Waals surface area contributed by atoms with Gasteiger partial charge < -0.3 is 10.6 Å². The van der Waals surface area contributed by atoms with Gasteiger partial charge in [-0.15, -0.1) is 0 Å². The van der Waals surface area contributed by atoms with Gasteiger partial charge in [0.2, 0.25) is 0 Å². The summed E-state index contributed by atoms with van der Waals surface area (Å²) in [5, 5.41) is 6.72. The van der Waals surface area contributed by atoms with Gasteiger partial charge in [-0.05, 0) is 19.3 Å². The fourth-order valence-electron chi connectivity index (χ4n) is 3.08. The second-order valence-electron chi connectivity index (χ2n) is 6.53. The Morgan fingerprint density at radius 1 is 1.10 bits per heavy atom. The molecule has 0 unspecified atom stereocenters. The van der Waals surface area contributed by atoms with Gasteiger partial charge in [0.05, 0.1) is 0 Å². The minimum absolute atomic E-state index is 0.344. The van der Waals surface area contributed by atoms with Gasteiger partial charge >= 0.3 is 0 Å². The number of nitrogens with zero attached hydrogens (tertiary/aromatic N) is 2. The molecule has 118 valence electrons. The number of aromatic nitrogens is 2. The van der Waals surface area contributed by atoms with Crippen LogP contribution in [0.25, 0.3) is 0 Å². The highest BCUT2D eigenvalue weighted by Crippen LogP contribution is 2.27. The summed E-state index contributed by atoms with van der Waals surface area (Å²) in [4.78, 5) is 9.29. The molecule has 1 fully saturated rings. The number of nitrogens with one attached hydrogen (secondary N) is 2. The molecule has 1 aromatic rings. The Labute approximate surface area is 129 Å². The van der Waals surface area contributed by atoms with E-state index >= 15 is 0 Å². The van der Waals surface area contributed by atoms with Crippen molar-refractivity contribution >= 4 is 11.6 Å². The number of rotatable bonds is 6. The average Bonchev–Trinajstić information content (AvgIpc) is 2.49. The lowest BCUT2D eigenvalue weighted by Crippen LogP contribution is -2.15. The molecule has 1 aliphatic carbocycles. The van der Waals surface area contributed by atoms with E-state index in [1.54, 1.807) is 0 Å². The second kappa shape index (κ2) is 7.62. The van der Waals surface area contributed by atoms with Crippen LogP contribution in [-0.4, -0.2) is 23.6 Å². The van der Waals surface area contributed by atoms with Crippen LogP contribution in [0, 0.1) is 12.8 Å². The molecule has 21 heavy (non-hydrogen) atoms. The summed E-state index contributed by atoms with van der Waals surface area (Å²) in [5.41, 5.74) is 1.12. The van der Waals surface area contributed by atoms with Crippen LogP contribution in [0.15, 0.2) is 0 Å². The molecular weight excluding hydrogens is 260 g/mol. The molecule has 0 atom stereocenters. The van der Waals surface area contributed by atoms with E-state index in [2.05, 4.69) is 36.4 Å². The molecule has 1 aliphatic rings. The topological polar surface area (TPSA) is 49.8 Å². The lowest BCUT2D eigenvalue weighted by molar-refractivity contribution is 0.345. The van der Waals surface area contributed by atoms with Crippen molar-refractivity contribution in [3.05, 3.63) is 11.4 Å². The average molecular weight is 290 g/mol. The predicted octanol–water partition coefficient (Wildman–Crippen LogP) is 4.33. The molecule has 0 aliphatic heterocycles. The first-order chi connectivity index (χ1) is 10.1. The molecule has 2 N–H and O–H groups in total. The van der Waals surface area contributed by atoms with Crippen molar-refractivity contribution in [3.8, 4) is 0 Å². The summed E-state index contributed by atoms with van der Waals surface area (Å²) >= 11 is 0. The maximum atomic E-state index is 4.70. The lowest BCUT2D eigenvalue weighted by atomic mass is 9.87. The largest absolute Gasteiger partial charge is 0.373 e. The van der Waals surface area contributed by atoms with Gasteiger partial charge in [0.1, 0.15) is 17.5 Å². The zero-order valence-electron chi connectivity index (χ0n) is 14.0. The number of hydrogen-bond donors (Lipinski definition) is 2. The van der Waals surface area contributed by atoms with Crippen molar-refractivity contribution in [2.24, 2.45) is 5.92 Å². The first-order valence-corrected chi connectivity index (χ1v) is 8.42. The fourth-order valence-corrected chi connectivity index (χ4v) is 3.08. The van der Waals surface area contributed by atoms with Gasteiger partial charge in [-0.1, -0.05) is 46.0 Å². The van der Waals surface area contributed by atoms with Gasteiger partial charge in [-0.3, -0.25) is 0 Å². The molecule has 0 spiro atoms. The Morgan fingerprint density at radius 2 is 1.76 bits per heavy atom. The highest BCUT2D eigenvalue weighted by Gasteiger charge is 2.15.